The molecule has 2 aromatic heterocycles. The molecule has 0 atom stereocenters. The summed E-state index contributed by atoms with van der Waals surface area (Å²) in [4.78, 5) is 28.1. The molecule has 21 heavy (non-hydrogen) atoms. The van der Waals surface area contributed by atoms with Crippen LogP contribution >= 0.6 is 0 Å². The molecule has 0 unspecified atom stereocenters. The fourth-order valence-corrected chi connectivity index (χ4v) is 1.96. The number of carbonyl (C=O) groups is 2. The molecule has 0 aliphatic carbocycles. The van der Waals surface area contributed by atoms with Crippen LogP contribution in [-0.2, 0) is 0 Å². The third-order valence-electron chi connectivity index (χ3n) is 3.01. The quantitative estimate of drug-likeness (QED) is 0.732. The van der Waals surface area contributed by atoms with Crippen molar-refractivity contribution in [2.75, 3.05) is 6.54 Å². The van der Waals surface area contributed by atoms with Crippen molar-refractivity contribution in [2.45, 2.75) is 0 Å². The summed E-state index contributed by atoms with van der Waals surface area (Å²) >= 11 is 0. The van der Waals surface area contributed by atoms with Gasteiger partial charge in [-0.3, -0.25) is 9.59 Å². The molecule has 1 aromatic carbocycles. The largest absolute Gasteiger partial charge is 0.345 e. The van der Waals surface area contributed by atoms with E-state index in [4.69, 9.17) is 0 Å². The van der Waals surface area contributed by atoms with Gasteiger partial charge in [-0.15, -0.1) is 0 Å². The third kappa shape index (κ3) is 2.64. The average molecular weight is 280 g/mol. The number of imidazole rings is 1. The summed E-state index contributed by atoms with van der Waals surface area (Å²) in [6, 6.07) is 12.2. The van der Waals surface area contributed by atoms with Gasteiger partial charge in [0.25, 0.3) is 5.91 Å². The summed E-state index contributed by atoms with van der Waals surface area (Å²) in [5.41, 5.74) is 1.45. The average Bonchev–Trinajstić information content (AvgIpc) is 2.97. The van der Waals surface area contributed by atoms with E-state index in [0.717, 1.165) is 0 Å². The minimum atomic E-state index is -0.286. The first-order chi connectivity index (χ1) is 10.3. The zero-order chi connectivity index (χ0) is 14.7. The third-order valence-corrected chi connectivity index (χ3v) is 3.01. The van der Waals surface area contributed by atoms with Gasteiger partial charge in [-0.1, -0.05) is 18.2 Å². The Balaban J connectivity index is 1.71. The van der Waals surface area contributed by atoms with Crippen molar-refractivity contribution in [3.8, 4) is 0 Å². The van der Waals surface area contributed by atoms with Crippen LogP contribution in [-0.4, -0.2) is 32.8 Å². The molecule has 1 amide bonds. The van der Waals surface area contributed by atoms with Crippen LogP contribution < -0.4 is 5.32 Å². The SMILES string of the molecule is O=C(NCC(=O)c1cnc2cccnn12)c1ccccc1. The predicted molar refractivity (Wildman–Crippen MR) is 76.1 cm³/mol. The second-order valence-corrected chi connectivity index (χ2v) is 4.41. The van der Waals surface area contributed by atoms with Gasteiger partial charge < -0.3 is 5.32 Å². The molecule has 3 aromatic rings. The lowest BCUT2D eigenvalue weighted by molar-refractivity contribution is 0.0901. The number of hydrogen-bond donors (Lipinski definition) is 1. The van der Waals surface area contributed by atoms with Gasteiger partial charge in [0.2, 0.25) is 5.78 Å². The molecule has 104 valence electrons. The Morgan fingerprint density at radius 1 is 1.10 bits per heavy atom. The molecule has 0 radical (unpaired) electrons. The number of hydrogen-bond acceptors (Lipinski definition) is 4. The molecule has 1 N–H and O–H groups in total. The Morgan fingerprint density at radius 2 is 1.90 bits per heavy atom. The number of Topliss-reactive ketones (excluding diaryl/α,β-unsaturated/α-hetero) is 1. The standard InChI is InChI=1S/C15H12N4O2/c20-13(10-17-15(21)11-5-2-1-3-6-11)12-9-16-14-7-4-8-18-19(12)14/h1-9H,10H2,(H,17,21). The molecule has 0 saturated heterocycles. The Labute approximate surface area is 120 Å². The van der Waals surface area contributed by atoms with Crippen LogP contribution in [0.4, 0.5) is 0 Å². The lowest BCUT2D eigenvalue weighted by atomic mass is 10.2. The summed E-state index contributed by atoms with van der Waals surface area (Å²) in [6.45, 7) is -0.0991. The molecule has 0 aliphatic heterocycles. The predicted octanol–water partition coefficient (Wildman–Crippen LogP) is 1.34. The highest BCUT2D eigenvalue weighted by Crippen LogP contribution is 2.04. The van der Waals surface area contributed by atoms with E-state index in [1.54, 1.807) is 42.6 Å². The number of amides is 1. The zero-order valence-corrected chi connectivity index (χ0v) is 11.1. The number of carbonyl (C=O) groups excluding carboxylic acids is 2. The van der Waals surface area contributed by atoms with E-state index < -0.39 is 0 Å². The van der Waals surface area contributed by atoms with Crippen molar-refractivity contribution >= 4 is 17.3 Å². The Morgan fingerprint density at radius 3 is 2.71 bits per heavy atom. The van der Waals surface area contributed by atoms with E-state index in [1.165, 1.54) is 10.7 Å². The molecule has 0 bridgehead atoms. The van der Waals surface area contributed by atoms with Crippen molar-refractivity contribution in [3.05, 3.63) is 66.1 Å². The fourth-order valence-electron chi connectivity index (χ4n) is 1.96. The number of nitrogens with one attached hydrogen (secondary N) is 1. The van der Waals surface area contributed by atoms with Crippen molar-refractivity contribution in [1.29, 1.82) is 0 Å². The first-order valence-electron chi connectivity index (χ1n) is 6.41. The number of benzene rings is 1. The van der Waals surface area contributed by atoms with Gasteiger partial charge in [0.05, 0.1) is 12.7 Å². The topological polar surface area (TPSA) is 76.4 Å². The van der Waals surface area contributed by atoms with Crippen LogP contribution in [0.1, 0.15) is 20.8 Å². The van der Waals surface area contributed by atoms with Crippen molar-refractivity contribution in [3.63, 3.8) is 0 Å². The molecule has 0 fully saturated rings. The number of ketones is 1. The van der Waals surface area contributed by atoms with Crippen LogP contribution in [0.25, 0.3) is 5.65 Å². The number of nitrogens with zero attached hydrogens (tertiary/aromatic N) is 3. The molecule has 0 aliphatic rings. The molecule has 2 heterocycles. The molecule has 3 rings (SSSR count). The normalized spacial score (nSPS) is 10.5. The van der Waals surface area contributed by atoms with E-state index in [2.05, 4.69) is 15.4 Å². The molecule has 6 heteroatoms. The maximum atomic E-state index is 12.1. The molecular formula is C15H12N4O2. The van der Waals surface area contributed by atoms with Crippen molar-refractivity contribution in [1.82, 2.24) is 19.9 Å². The fraction of sp³-hybridized carbons (Fsp3) is 0.0667. The number of fused-ring (bicyclic) bond motifs is 1. The van der Waals surface area contributed by atoms with Crippen LogP contribution in [0.5, 0.6) is 0 Å². The number of aromatic nitrogens is 3. The first-order valence-corrected chi connectivity index (χ1v) is 6.41. The lowest BCUT2D eigenvalue weighted by Crippen LogP contribution is -2.30. The monoisotopic (exact) mass is 280 g/mol. The van der Waals surface area contributed by atoms with Crippen LogP contribution in [0, 0.1) is 0 Å². The van der Waals surface area contributed by atoms with E-state index in [-0.39, 0.29) is 18.2 Å². The molecule has 0 saturated carbocycles. The Hall–Kier alpha value is -3.02. The van der Waals surface area contributed by atoms with Gasteiger partial charge in [-0.25, -0.2) is 9.50 Å². The highest BCUT2D eigenvalue weighted by molar-refractivity contribution is 6.01. The van der Waals surface area contributed by atoms with E-state index in [0.29, 0.717) is 16.9 Å². The van der Waals surface area contributed by atoms with Crippen LogP contribution in [0.15, 0.2) is 54.9 Å². The maximum Gasteiger partial charge on any atom is 0.251 e. The maximum absolute atomic E-state index is 12.1. The van der Waals surface area contributed by atoms with Crippen LogP contribution in [0.2, 0.25) is 0 Å². The molecule has 0 spiro atoms. The summed E-state index contributed by atoms with van der Waals surface area (Å²) in [6.07, 6.45) is 3.04. The van der Waals surface area contributed by atoms with Gasteiger partial charge in [0.15, 0.2) is 5.65 Å². The van der Waals surface area contributed by atoms with E-state index >= 15 is 0 Å². The second kappa shape index (κ2) is 5.54. The van der Waals surface area contributed by atoms with Gasteiger partial charge in [-0.05, 0) is 24.3 Å². The van der Waals surface area contributed by atoms with Gasteiger partial charge in [0, 0.05) is 11.8 Å². The van der Waals surface area contributed by atoms with Crippen molar-refractivity contribution in [2.24, 2.45) is 0 Å². The highest BCUT2D eigenvalue weighted by atomic mass is 16.2. The number of rotatable bonds is 4. The molecule has 6 nitrogen and oxygen atoms in total. The molecular weight excluding hydrogens is 268 g/mol. The van der Waals surface area contributed by atoms with Crippen molar-refractivity contribution < 1.29 is 9.59 Å². The minimum absolute atomic E-state index is 0.0991. The summed E-state index contributed by atoms with van der Waals surface area (Å²) < 4.78 is 1.46. The zero-order valence-electron chi connectivity index (χ0n) is 11.1. The Kier molecular flexibility index (Phi) is 3.42. The smallest absolute Gasteiger partial charge is 0.251 e. The van der Waals surface area contributed by atoms with Gasteiger partial charge >= 0.3 is 0 Å². The summed E-state index contributed by atoms with van der Waals surface area (Å²) in [5, 5.41) is 6.66. The first kappa shape index (κ1) is 13.0. The van der Waals surface area contributed by atoms with Crippen LogP contribution in [0.3, 0.4) is 0 Å². The van der Waals surface area contributed by atoms with E-state index in [1.807, 2.05) is 6.07 Å². The van der Waals surface area contributed by atoms with Gasteiger partial charge in [-0.2, -0.15) is 5.10 Å². The Bertz CT molecular complexity index is 796. The van der Waals surface area contributed by atoms with Gasteiger partial charge in [0.1, 0.15) is 5.69 Å². The lowest BCUT2D eigenvalue weighted by Gasteiger charge is -2.04. The summed E-state index contributed by atoms with van der Waals surface area (Å²) in [5.74, 6) is -0.531. The minimum Gasteiger partial charge on any atom is -0.345 e. The summed E-state index contributed by atoms with van der Waals surface area (Å²) in [7, 11) is 0. The second-order valence-electron chi connectivity index (χ2n) is 4.41. The van der Waals surface area contributed by atoms with E-state index in [9.17, 15) is 9.59 Å². The highest BCUT2D eigenvalue weighted by Gasteiger charge is 2.14.